The Kier molecular flexibility index (Phi) is 3.88. The summed E-state index contributed by atoms with van der Waals surface area (Å²) in [5.41, 5.74) is 6.33. The van der Waals surface area contributed by atoms with Gasteiger partial charge in [-0.25, -0.2) is 0 Å². The first-order valence-electron chi connectivity index (χ1n) is 4.84. The van der Waals surface area contributed by atoms with Gasteiger partial charge in [0, 0.05) is 25.3 Å². The number of carbonyl (C=O) groups is 2. The van der Waals surface area contributed by atoms with Crippen molar-refractivity contribution in [3.8, 4) is 0 Å². The molecule has 0 saturated heterocycles. The van der Waals surface area contributed by atoms with E-state index in [4.69, 9.17) is 5.73 Å². The van der Waals surface area contributed by atoms with Crippen molar-refractivity contribution in [2.45, 2.75) is 0 Å². The van der Waals surface area contributed by atoms with Gasteiger partial charge in [0.05, 0.1) is 6.54 Å². The molecule has 0 atom stereocenters. The first-order valence-corrected chi connectivity index (χ1v) is 4.84. The van der Waals surface area contributed by atoms with Crippen LogP contribution >= 0.6 is 0 Å². The number of hydrogen-bond acceptors (Lipinski definition) is 3. The number of nitrogens with zero attached hydrogens (tertiary/aromatic N) is 1. The van der Waals surface area contributed by atoms with E-state index in [-0.39, 0.29) is 12.5 Å². The number of carbonyl (C=O) groups excluding carboxylic acids is 2. The van der Waals surface area contributed by atoms with Crippen LogP contribution in [0.25, 0.3) is 0 Å². The van der Waals surface area contributed by atoms with E-state index in [1.54, 1.807) is 38.4 Å². The minimum atomic E-state index is -0.462. The van der Waals surface area contributed by atoms with Crippen LogP contribution in [0.3, 0.4) is 0 Å². The Labute approximate surface area is 94.2 Å². The van der Waals surface area contributed by atoms with Crippen LogP contribution in [0.15, 0.2) is 24.3 Å². The fourth-order valence-corrected chi connectivity index (χ4v) is 1.09. The lowest BCUT2D eigenvalue weighted by molar-refractivity contribution is -0.126. The van der Waals surface area contributed by atoms with Gasteiger partial charge in [-0.05, 0) is 24.3 Å². The Morgan fingerprint density at radius 3 is 2.25 bits per heavy atom. The van der Waals surface area contributed by atoms with E-state index in [0.29, 0.717) is 5.56 Å². The largest absolute Gasteiger partial charge is 0.376 e. The van der Waals surface area contributed by atoms with Gasteiger partial charge >= 0.3 is 0 Å². The first kappa shape index (κ1) is 12.0. The van der Waals surface area contributed by atoms with Gasteiger partial charge in [0.15, 0.2) is 0 Å². The normalized spacial score (nSPS) is 9.62. The zero-order valence-electron chi connectivity index (χ0n) is 9.36. The monoisotopic (exact) mass is 221 g/mol. The van der Waals surface area contributed by atoms with Gasteiger partial charge in [0.2, 0.25) is 11.8 Å². The number of hydrogen-bond donors (Lipinski definition) is 2. The van der Waals surface area contributed by atoms with Crippen molar-refractivity contribution in [2.24, 2.45) is 5.73 Å². The summed E-state index contributed by atoms with van der Waals surface area (Å²) >= 11 is 0. The summed E-state index contributed by atoms with van der Waals surface area (Å²) in [5, 5.41) is 2.95. The number of nitrogens with one attached hydrogen (secondary N) is 1. The van der Waals surface area contributed by atoms with Crippen LogP contribution in [-0.4, -0.2) is 37.4 Å². The van der Waals surface area contributed by atoms with Crippen LogP contribution in [0, 0.1) is 0 Å². The quantitative estimate of drug-likeness (QED) is 0.767. The number of likely N-dealkylation sites (N-methyl/N-ethyl adjacent to an activating group) is 1. The molecule has 5 heteroatoms. The highest BCUT2D eigenvalue weighted by atomic mass is 16.2. The number of anilines is 1. The summed E-state index contributed by atoms with van der Waals surface area (Å²) in [4.78, 5) is 23.6. The molecule has 86 valence electrons. The van der Waals surface area contributed by atoms with Gasteiger partial charge in [0.25, 0.3) is 0 Å². The minimum Gasteiger partial charge on any atom is -0.376 e. The van der Waals surface area contributed by atoms with Crippen molar-refractivity contribution < 1.29 is 9.59 Å². The van der Waals surface area contributed by atoms with Gasteiger partial charge < -0.3 is 16.0 Å². The molecule has 0 radical (unpaired) electrons. The summed E-state index contributed by atoms with van der Waals surface area (Å²) < 4.78 is 0. The smallest absolute Gasteiger partial charge is 0.248 e. The van der Waals surface area contributed by atoms with Crippen LogP contribution < -0.4 is 11.1 Å². The Morgan fingerprint density at radius 2 is 1.81 bits per heavy atom. The molecule has 5 nitrogen and oxygen atoms in total. The first-order chi connectivity index (χ1) is 7.50. The van der Waals surface area contributed by atoms with Crippen LogP contribution in [0.5, 0.6) is 0 Å². The van der Waals surface area contributed by atoms with Crippen molar-refractivity contribution >= 4 is 17.5 Å². The van der Waals surface area contributed by atoms with Gasteiger partial charge in [-0.15, -0.1) is 0 Å². The summed E-state index contributed by atoms with van der Waals surface area (Å²) in [6.07, 6.45) is 0. The molecular weight excluding hydrogens is 206 g/mol. The second kappa shape index (κ2) is 5.16. The maximum atomic E-state index is 11.3. The predicted molar refractivity (Wildman–Crippen MR) is 62.1 cm³/mol. The van der Waals surface area contributed by atoms with Crippen LogP contribution in [-0.2, 0) is 4.79 Å². The van der Waals surface area contributed by atoms with Gasteiger partial charge in [-0.3, -0.25) is 9.59 Å². The molecule has 0 aromatic heterocycles. The Hall–Kier alpha value is -2.04. The number of amides is 2. The maximum absolute atomic E-state index is 11.3. The molecule has 1 rings (SSSR count). The molecule has 0 aliphatic carbocycles. The second-order valence-corrected chi connectivity index (χ2v) is 3.58. The van der Waals surface area contributed by atoms with Crippen molar-refractivity contribution in [2.75, 3.05) is 26.0 Å². The molecule has 1 aromatic carbocycles. The molecule has 0 bridgehead atoms. The molecule has 0 aliphatic rings. The van der Waals surface area contributed by atoms with Gasteiger partial charge in [0.1, 0.15) is 0 Å². The third kappa shape index (κ3) is 3.27. The van der Waals surface area contributed by atoms with E-state index >= 15 is 0 Å². The van der Waals surface area contributed by atoms with Crippen molar-refractivity contribution in [3.05, 3.63) is 29.8 Å². The second-order valence-electron chi connectivity index (χ2n) is 3.58. The molecule has 16 heavy (non-hydrogen) atoms. The molecule has 1 aromatic rings. The number of benzene rings is 1. The third-order valence-electron chi connectivity index (χ3n) is 2.11. The zero-order valence-corrected chi connectivity index (χ0v) is 9.36. The molecule has 0 fully saturated rings. The van der Waals surface area contributed by atoms with Crippen molar-refractivity contribution in [1.29, 1.82) is 0 Å². The topological polar surface area (TPSA) is 75.4 Å². The lowest BCUT2D eigenvalue weighted by Crippen LogP contribution is -2.28. The van der Waals surface area contributed by atoms with E-state index < -0.39 is 5.91 Å². The summed E-state index contributed by atoms with van der Waals surface area (Å²) in [6, 6.07) is 6.65. The minimum absolute atomic E-state index is 0.0148. The van der Waals surface area contributed by atoms with Crippen molar-refractivity contribution in [3.63, 3.8) is 0 Å². The van der Waals surface area contributed by atoms with Gasteiger partial charge in [-0.1, -0.05) is 0 Å². The molecule has 0 aliphatic heterocycles. The van der Waals surface area contributed by atoms with Crippen LogP contribution in [0.4, 0.5) is 5.69 Å². The van der Waals surface area contributed by atoms with Crippen LogP contribution in [0.1, 0.15) is 10.4 Å². The van der Waals surface area contributed by atoms with Crippen molar-refractivity contribution in [1.82, 2.24) is 4.90 Å². The number of primary amides is 1. The average molecular weight is 221 g/mol. The van der Waals surface area contributed by atoms with E-state index in [2.05, 4.69) is 5.32 Å². The fourth-order valence-electron chi connectivity index (χ4n) is 1.09. The molecular formula is C11H15N3O2. The fraction of sp³-hybridized carbons (Fsp3) is 0.273. The lowest BCUT2D eigenvalue weighted by atomic mass is 10.2. The standard InChI is InChI=1S/C11H15N3O2/c1-14(2)10(15)7-13-9-5-3-8(4-6-9)11(12)16/h3-6,13H,7H2,1-2H3,(H2,12,16). The maximum Gasteiger partial charge on any atom is 0.248 e. The Balaban J connectivity index is 2.56. The lowest BCUT2D eigenvalue weighted by Gasteiger charge is -2.11. The SMILES string of the molecule is CN(C)C(=O)CNc1ccc(C(N)=O)cc1. The molecule has 0 unspecified atom stereocenters. The van der Waals surface area contributed by atoms with Gasteiger partial charge in [-0.2, -0.15) is 0 Å². The number of rotatable bonds is 4. The molecule has 2 amide bonds. The van der Waals surface area contributed by atoms with E-state index in [1.165, 1.54) is 4.90 Å². The zero-order chi connectivity index (χ0) is 12.1. The molecule has 0 heterocycles. The summed E-state index contributed by atoms with van der Waals surface area (Å²) in [7, 11) is 3.39. The average Bonchev–Trinajstić information content (AvgIpc) is 2.26. The third-order valence-corrected chi connectivity index (χ3v) is 2.11. The Bertz CT molecular complexity index is 385. The van der Waals surface area contributed by atoms with Crippen LogP contribution in [0.2, 0.25) is 0 Å². The summed E-state index contributed by atoms with van der Waals surface area (Å²) in [5.74, 6) is -0.477. The predicted octanol–water partition coefficient (Wildman–Crippen LogP) is 0.286. The number of nitrogens with two attached hydrogens (primary N) is 1. The van der Waals surface area contributed by atoms with E-state index in [1.807, 2.05) is 0 Å². The molecule has 0 saturated carbocycles. The molecule has 0 spiro atoms. The highest BCUT2D eigenvalue weighted by molar-refractivity contribution is 5.93. The highest BCUT2D eigenvalue weighted by Gasteiger charge is 2.03. The highest BCUT2D eigenvalue weighted by Crippen LogP contribution is 2.08. The van der Waals surface area contributed by atoms with E-state index in [9.17, 15) is 9.59 Å². The summed E-state index contributed by atoms with van der Waals surface area (Å²) in [6.45, 7) is 0.225. The van der Waals surface area contributed by atoms with E-state index in [0.717, 1.165) is 5.69 Å². The molecule has 3 N–H and O–H groups in total. The Morgan fingerprint density at radius 1 is 1.25 bits per heavy atom.